The summed E-state index contributed by atoms with van der Waals surface area (Å²) < 4.78 is 18.0. The van der Waals surface area contributed by atoms with Crippen LogP contribution in [0.25, 0.3) is 0 Å². The number of halogens is 1. The van der Waals surface area contributed by atoms with Crippen LogP contribution in [-0.4, -0.2) is 23.0 Å². The van der Waals surface area contributed by atoms with Crippen molar-refractivity contribution in [3.05, 3.63) is 47.5 Å². The number of methoxy groups -OCH3 is 1. The van der Waals surface area contributed by atoms with Gasteiger partial charge in [0.05, 0.1) is 18.9 Å². The number of amides is 1. The first kappa shape index (κ1) is 13.7. The summed E-state index contributed by atoms with van der Waals surface area (Å²) in [6, 6.07) is 4.49. The van der Waals surface area contributed by atoms with Crippen molar-refractivity contribution in [2.45, 2.75) is 6.54 Å². The number of carbonyl (C=O) groups excluding carboxylic acids is 1. The molecule has 7 heteroatoms. The van der Waals surface area contributed by atoms with Crippen molar-refractivity contribution in [1.29, 1.82) is 0 Å². The van der Waals surface area contributed by atoms with Gasteiger partial charge in [-0.05, 0) is 11.6 Å². The van der Waals surface area contributed by atoms with Gasteiger partial charge in [0.1, 0.15) is 11.6 Å². The van der Waals surface area contributed by atoms with Crippen LogP contribution < -0.4 is 15.8 Å². The van der Waals surface area contributed by atoms with Crippen LogP contribution in [0.2, 0.25) is 0 Å². The largest absolute Gasteiger partial charge is 0.481 e. The molecule has 0 saturated carbocycles. The third-order valence-electron chi connectivity index (χ3n) is 2.59. The molecule has 0 aliphatic rings. The van der Waals surface area contributed by atoms with Crippen molar-refractivity contribution in [3.63, 3.8) is 0 Å². The lowest BCUT2D eigenvalue weighted by atomic mass is 10.2. The Morgan fingerprint density at radius 3 is 2.85 bits per heavy atom. The molecule has 3 N–H and O–H groups in total. The Morgan fingerprint density at radius 1 is 1.40 bits per heavy atom. The fraction of sp³-hybridized carbons (Fsp3) is 0.154. The van der Waals surface area contributed by atoms with Gasteiger partial charge in [0.2, 0.25) is 5.88 Å². The highest BCUT2D eigenvalue weighted by atomic mass is 19.1. The summed E-state index contributed by atoms with van der Waals surface area (Å²) in [7, 11) is 1.52. The zero-order valence-corrected chi connectivity index (χ0v) is 10.8. The third kappa shape index (κ3) is 3.19. The van der Waals surface area contributed by atoms with E-state index < -0.39 is 11.7 Å². The van der Waals surface area contributed by atoms with Crippen molar-refractivity contribution in [2.24, 2.45) is 0 Å². The number of carbonyl (C=O) groups is 1. The molecule has 20 heavy (non-hydrogen) atoms. The number of ether oxygens (including phenoxy) is 1. The smallest absolute Gasteiger partial charge is 0.255 e. The highest BCUT2D eigenvalue weighted by Gasteiger charge is 2.11. The van der Waals surface area contributed by atoms with Gasteiger partial charge in [0, 0.05) is 18.8 Å². The minimum Gasteiger partial charge on any atom is -0.481 e. The molecule has 2 rings (SSSR count). The first-order valence-corrected chi connectivity index (χ1v) is 5.78. The molecule has 2 aromatic rings. The van der Waals surface area contributed by atoms with Crippen LogP contribution in [0.1, 0.15) is 15.9 Å². The van der Waals surface area contributed by atoms with Crippen LogP contribution in [0, 0.1) is 5.82 Å². The molecular weight excluding hydrogens is 263 g/mol. The molecule has 1 amide bonds. The summed E-state index contributed by atoms with van der Waals surface area (Å²) in [5, 5.41) is 2.61. The molecule has 0 fully saturated rings. The third-order valence-corrected chi connectivity index (χ3v) is 2.59. The van der Waals surface area contributed by atoms with Crippen molar-refractivity contribution in [3.8, 4) is 5.88 Å². The zero-order chi connectivity index (χ0) is 14.5. The van der Waals surface area contributed by atoms with E-state index >= 15 is 0 Å². The second-order valence-electron chi connectivity index (χ2n) is 3.98. The van der Waals surface area contributed by atoms with Gasteiger partial charge in [-0.25, -0.2) is 14.4 Å². The number of aromatic nitrogens is 2. The SMILES string of the molecule is COc1ccc(CNC(=O)c2cc(F)cnc2N)cn1. The van der Waals surface area contributed by atoms with E-state index in [9.17, 15) is 9.18 Å². The highest BCUT2D eigenvalue weighted by Crippen LogP contribution is 2.10. The van der Waals surface area contributed by atoms with Gasteiger partial charge in [-0.1, -0.05) is 6.07 Å². The Bertz CT molecular complexity index is 616. The van der Waals surface area contributed by atoms with Crippen molar-refractivity contribution >= 4 is 11.7 Å². The number of pyridine rings is 2. The summed E-state index contributed by atoms with van der Waals surface area (Å²) in [6.45, 7) is 0.242. The minimum atomic E-state index is -0.615. The summed E-state index contributed by atoms with van der Waals surface area (Å²) in [5.41, 5.74) is 6.32. The number of anilines is 1. The second-order valence-corrected chi connectivity index (χ2v) is 3.98. The molecular formula is C13H13FN4O2. The maximum atomic E-state index is 13.0. The maximum absolute atomic E-state index is 13.0. The molecule has 2 heterocycles. The number of hydrogen-bond donors (Lipinski definition) is 2. The second kappa shape index (κ2) is 5.96. The molecule has 0 aromatic carbocycles. The number of nitrogens with one attached hydrogen (secondary N) is 1. The molecule has 0 spiro atoms. The first-order valence-electron chi connectivity index (χ1n) is 5.78. The molecule has 104 valence electrons. The Balaban J connectivity index is 2.02. The van der Waals surface area contributed by atoms with Crippen LogP contribution >= 0.6 is 0 Å². The van der Waals surface area contributed by atoms with Crippen molar-refractivity contribution in [2.75, 3.05) is 12.8 Å². The van der Waals surface area contributed by atoms with Gasteiger partial charge in [-0.2, -0.15) is 0 Å². The van der Waals surface area contributed by atoms with E-state index in [0.29, 0.717) is 5.88 Å². The number of nitrogens with two attached hydrogens (primary N) is 1. The van der Waals surface area contributed by atoms with Gasteiger partial charge in [0.25, 0.3) is 5.91 Å². The Hall–Kier alpha value is -2.70. The van der Waals surface area contributed by atoms with E-state index in [1.54, 1.807) is 18.3 Å². The topological polar surface area (TPSA) is 90.1 Å². The summed E-state index contributed by atoms with van der Waals surface area (Å²) >= 11 is 0. The predicted octanol–water partition coefficient (Wildman–Crippen LogP) is 1.14. The number of nitrogens with zero attached hydrogens (tertiary/aromatic N) is 2. The lowest BCUT2D eigenvalue weighted by Crippen LogP contribution is -2.24. The average molecular weight is 276 g/mol. The van der Waals surface area contributed by atoms with E-state index in [0.717, 1.165) is 17.8 Å². The molecule has 0 aliphatic heterocycles. The summed E-state index contributed by atoms with van der Waals surface area (Å²) in [5.74, 6) is -0.642. The molecule has 0 unspecified atom stereocenters. The van der Waals surface area contributed by atoms with Crippen LogP contribution in [0.15, 0.2) is 30.6 Å². The maximum Gasteiger partial charge on any atom is 0.255 e. The predicted molar refractivity (Wildman–Crippen MR) is 70.6 cm³/mol. The molecule has 2 aromatic heterocycles. The monoisotopic (exact) mass is 276 g/mol. The lowest BCUT2D eigenvalue weighted by molar-refractivity contribution is 0.0951. The fourth-order valence-electron chi connectivity index (χ4n) is 1.55. The van der Waals surface area contributed by atoms with Crippen LogP contribution in [0.4, 0.5) is 10.2 Å². The minimum absolute atomic E-state index is 0.00599. The van der Waals surface area contributed by atoms with Crippen LogP contribution in [0.3, 0.4) is 0 Å². The molecule has 0 aliphatic carbocycles. The molecule has 0 saturated heterocycles. The van der Waals surface area contributed by atoms with Crippen LogP contribution in [0.5, 0.6) is 5.88 Å². The Morgan fingerprint density at radius 2 is 2.20 bits per heavy atom. The number of hydrogen-bond acceptors (Lipinski definition) is 5. The lowest BCUT2D eigenvalue weighted by Gasteiger charge is -2.07. The van der Waals surface area contributed by atoms with Crippen molar-refractivity contribution in [1.82, 2.24) is 15.3 Å². The quantitative estimate of drug-likeness (QED) is 0.873. The van der Waals surface area contributed by atoms with Gasteiger partial charge in [0.15, 0.2) is 0 Å². The van der Waals surface area contributed by atoms with E-state index in [-0.39, 0.29) is 17.9 Å². The molecule has 0 radical (unpaired) electrons. The zero-order valence-electron chi connectivity index (χ0n) is 10.8. The van der Waals surface area contributed by atoms with E-state index in [4.69, 9.17) is 10.5 Å². The highest BCUT2D eigenvalue weighted by molar-refractivity contribution is 5.98. The van der Waals surface area contributed by atoms with Crippen LogP contribution in [-0.2, 0) is 6.54 Å². The van der Waals surface area contributed by atoms with Gasteiger partial charge >= 0.3 is 0 Å². The van der Waals surface area contributed by atoms with Gasteiger partial charge in [-0.15, -0.1) is 0 Å². The van der Waals surface area contributed by atoms with Gasteiger partial charge in [-0.3, -0.25) is 4.79 Å². The summed E-state index contributed by atoms with van der Waals surface area (Å²) in [4.78, 5) is 19.5. The number of nitrogen functional groups attached to an aromatic ring is 1. The van der Waals surface area contributed by atoms with E-state index in [2.05, 4.69) is 15.3 Å². The van der Waals surface area contributed by atoms with E-state index in [1.807, 2.05) is 0 Å². The fourth-order valence-corrected chi connectivity index (χ4v) is 1.55. The summed E-state index contributed by atoms with van der Waals surface area (Å²) in [6.07, 6.45) is 2.53. The Kier molecular flexibility index (Phi) is 4.09. The Labute approximate surface area is 114 Å². The van der Waals surface area contributed by atoms with E-state index in [1.165, 1.54) is 7.11 Å². The molecule has 0 bridgehead atoms. The first-order chi connectivity index (χ1) is 9.60. The van der Waals surface area contributed by atoms with Gasteiger partial charge < -0.3 is 15.8 Å². The normalized spacial score (nSPS) is 10.1. The average Bonchev–Trinajstić information content (AvgIpc) is 2.47. The number of rotatable bonds is 4. The molecule has 0 atom stereocenters. The standard InChI is InChI=1S/C13H13FN4O2/c1-20-11-3-2-8(5-16-11)6-18-13(19)10-4-9(14)7-17-12(10)15/h2-5,7H,6H2,1H3,(H2,15,17)(H,18,19). The van der Waals surface area contributed by atoms with Crippen molar-refractivity contribution < 1.29 is 13.9 Å². The molecule has 6 nitrogen and oxygen atoms in total.